The van der Waals surface area contributed by atoms with E-state index in [1.54, 1.807) is 0 Å². The molecule has 0 spiro atoms. The van der Waals surface area contributed by atoms with Crippen LogP contribution < -0.4 is 5.73 Å². The minimum Gasteiger partial charge on any atom is -0.326 e. The molecular weight excluding hydrogens is 386 g/mol. The van der Waals surface area contributed by atoms with Crippen LogP contribution in [0.4, 0.5) is 0 Å². The second-order valence-electron chi connectivity index (χ2n) is 6.35. The lowest BCUT2D eigenvalue weighted by Gasteiger charge is -2.26. The van der Waals surface area contributed by atoms with Gasteiger partial charge in [-0.2, -0.15) is 8.61 Å². The van der Waals surface area contributed by atoms with Crippen molar-refractivity contribution >= 4 is 32.5 Å². The Balaban J connectivity index is 0.00000225. The standard InChI is InChI=1S/C15H23N3O4S2.ClH/c16-13-7-10-18(12-13)24(21,22)15-6-4-5-14(11-15)23(19,20)17-8-2-1-3-9-17;/h4-6,11,13H,1-3,7-10,12,16H2;1H/t13-;/m1./s1. The smallest absolute Gasteiger partial charge is 0.243 e. The zero-order chi connectivity index (χ0) is 17.4. The van der Waals surface area contributed by atoms with Gasteiger partial charge in [0.2, 0.25) is 20.0 Å². The Morgan fingerprint density at radius 1 is 0.880 bits per heavy atom. The van der Waals surface area contributed by atoms with Gasteiger partial charge in [-0.1, -0.05) is 12.5 Å². The Kier molecular flexibility index (Phi) is 6.50. The molecule has 2 heterocycles. The highest BCUT2D eigenvalue weighted by Crippen LogP contribution is 2.25. The van der Waals surface area contributed by atoms with Crippen LogP contribution in [0.3, 0.4) is 0 Å². The van der Waals surface area contributed by atoms with E-state index in [9.17, 15) is 16.8 Å². The van der Waals surface area contributed by atoms with E-state index in [2.05, 4.69) is 0 Å². The molecule has 1 atom stereocenters. The molecule has 2 aliphatic rings. The second kappa shape index (κ2) is 7.89. The number of sulfonamides is 2. The van der Waals surface area contributed by atoms with Crippen molar-refractivity contribution in [1.82, 2.24) is 8.61 Å². The van der Waals surface area contributed by atoms with Crippen molar-refractivity contribution in [1.29, 1.82) is 0 Å². The molecule has 0 unspecified atom stereocenters. The van der Waals surface area contributed by atoms with Crippen LogP contribution >= 0.6 is 12.4 Å². The highest BCUT2D eigenvalue weighted by atomic mass is 35.5. The highest BCUT2D eigenvalue weighted by Gasteiger charge is 2.32. The molecular formula is C15H24ClN3O4S2. The van der Waals surface area contributed by atoms with Gasteiger partial charge in [0.25, 0.3) is 0 Å². The van der Waals surface area contributed by atoms with Gasteiger partial charge in [-0.3, -0.25) is 0 Å². The molecule has 2 aliphatic heterocycles. The number of benzene rings is 1. The third kappa shape index (κ3) is 4.17. The zero-order valence-corrected chi connectivity index (χ0v) is 16.3. The third-order valence-electron chi connectivity index (χ3n) is 4.58. The van der Waals surface area contributed by atoms with Crippen LogP contribution in [0.5, 0.6) is 0 Å². The average Bonchev–Trinajstić information content (AvgIpc) is 3.03. The Morgan fingerprint density at radius 2 is 1.44 bits per heavy atom. The molecule has 0 amide bonds. The van der Waals surface area contributed by atoms with E-state index in [1.807, 2.05) is 0 Å². The van der Waals surface area contributed by atoms with Crippen LogP contribution in [-0.2, 0) is 20.0 Å². The first-order chi connectivity index (χ1) is 11.3. The normalized spacial score (nSPS) is 23.3. The topological polar surface area (TPSA) is 101 Å². The number of hydrogen-bond donors (Lipinski definition) is 1. The van der Waals surface area contributed by atoms with Crippen LogP contribution in [0.1, 0.15) is 25.7 Å². The van der Waals surface area contributed by atoms with Gasteiger partial charge >= 0.3 is 0 Å². The molecule has 25 heavy (non-hydrogen) atoms. The third-order valence-corrected chi connectivity index (χ3v) is 8.34. The molecule has 2 fully saturated rings. The van der Waals surface area contributed by atoms with E-state index in [0.29, 0.717) is 26.1 Å². The summed E-state index contributed by atoms with van der Waals surface area (Å²) in [5.74, 6) is 0. The summed E-state index contributed by atoms with van der Waals surface area (Å²) in [4.78, 5) is 0.0451. The van der Waals surface area contributed by atoms with Crippen molar-refractivity contribution in [3.8, 4) is 0 Å². The fraction of sp³-hybridized carbons (Fsp3) is 0.600. The van der Waals surface area contributed by atoms with Crippen molar-refractivity contribution < 1.29 is 16.8 Å². The molecule has 1 aromatic carbocycles. The van der Waals surface area contributed by atoms with Crippen LogP contribution in [0.25, 0.3) is 0 Å². The van der Waals surface area contributed by atoms with E-state index in [-0.39, 0.29) is 34.8 Å². The van der Waals surface area contributed by atoms with Crippen molar-refractivity contribution in [2.45, 2.75) is 41.5 Å². The first-order valence-electron chi connectivity index (χ1n) is 8.18. The second-order valence-corrected chi connectivity index (χ2v) is 10.2. The molecule has 7 nitrogen and oxygen atoms in total. The minimum absolute atomic E-state index is 0. The molecule has 1 aromatic rings. The fourth-order valence-electron chi connectivity index (χ4n) is 3.17. The largest absolute Gasteiger partial charge is 0.326 e. The monoisotopic (exact) mass is 409 g/mol. The Morgan fingerprint density at radius 3 is 1.96 bits per heavy atom. The van der Waals surface area contributed by atoms with E-state index >= 15 is 0 Å². The van der Waals surface area contributed by atoms with Gasteiger partial charge in [-0.05, 0) is 37.5 Å². The lowest BCUT2D eigenvalue weighted by molar-refractivity contribution is 0.346. The molecule has 0 aromatic heterocycles. The van der Waals surface area contributed by atoms with E-state index in [1.165, 1.54) is 32.9 Å². The summed E-state index contributed by atoms with van der Waals surface area (Å²) in [7, 11) is -7.37. The maximum atomic E-state index is 12.7. The number of rotatable bonds is 4. The quantitative estimate of drug-likeness (QED) is 0.799. The average molecular weight is 410 g/mol. The first-order valence-corrected chi connectivity index (χ1v) is 11.1. The molecule has 3 rings (SSSR count). The minimum atomic E-state index is -3.71. The van der Waals surface area contributed by atoms with Gasteiger partial charge in [-0.15, -0.1) is 12.4 Å². The molecule has 2 N–H and O–H groups in total. The number of piperidine rings is 1. The summed E-state index contributed by atoms with van der Waals surface area (Å²) in [6.45, 7) is 1.61. The fourth-order valence-corrected chi connectivity index (χ4v) is 6.37. The summed E-state index contributed by atoms with van der Waals surface area (Å²) in [6, 6.07) is 5.48. The molecule has 2 saturated heterocycles. The molecule has 0 radical (unpaired) electrons. The van der Waals surface area contributed by atoms with Crippen molar-refractivity contribution in [2.24, 2.45) is 5.73 Å². The predicted molar refractivity (Wildman–Crippen MR) is 97.7 cm³/mol. The van der Waals surface area contributed by atoms with Gasteiger partial charge in [0, 0.05) is 32.2 Å². The van der Waals surface area contributed by atoms with Gasteiger partial charge in [0.05, 0.1) is 9.79 Å². The zero-order valence-electron chi connectivity index (χ0n) is 13.9. The Bertz CT molecular complexity index is 758. The Labute approximate surface area is 155 Å². The molecule has 0 saturated carbocycles. The van der Waals surface area contributed by atoms with Crippen molar-refractivity contribution in [3.63, 3.8) is 0 Å². The lowest BCUT2D eigenvalue weighted by Crippen LogP contribution is -2.36. The molecule has 0 aliphatic carbocycles. The number of hydrogen-bond acceptors (Lipinski definition) is 5. The number of halogens is 1. The van der Waals surface area contributed by atoms with Gasteiger partial charge in [0.1, 0.15) is 0 Å². The van der Waals surface area contributed by atoms with Gasteiger partial charge in [-0.25, -0.2) is 16.8 Å². The first kappa shape index (κ1) is 20.6. The summed E-state index contributed by atoms with van der Waals surface area (Å²) in [5, 5.41) is 0. The molecule has 0 bridgehead atoms. The van der Waals surface area contributed by atoms with Crippen LogP contribution in [0.15, 0.2) is 34.1 Å². The molecule has 10 heteroatoms. The maximum Gasteiger partial charge on any atom is 0.243 e. The number of nitrogens with two attached hydrogens (primary N) is 1. The van der Waals surface area contributed by atoms with Gasteiger partial charge < -0.3 is 5.73 Å². The SMILES string of the molecule is Cl.N[C@@H]1CCN(S(=O)(=O)c2cccc(S(=O)(=O)N3CCCCC3)c2)C1. The van der Waals surface area contributed by atoms with E-state index in [4.69, 9.17) is 5.73 Å². The number of nitrogens with zero attached hydrogens (tertiary/aromatic N) is 2. The summed E-state index contributed by atoms with van der Waals surface area (Å²) >= 11 is 0. The summed E-state index contributed by atoms with van der Waals surface area (Å²) < 4.78 is 53.6. The van der Waals surface area contributed by atoms with Gasteiger partial charge in [0.15, 0.2) is 0 Å². The Hall–Kier alpha value is -0.710. The lowest BCUT2D eigenvalue weighted by atomic mass is 10.2. The molecule has 142 valence electrons. The van der Waals surface area contributed by atoms with Crippen LogP contribution in [-0.4, -0.2) is 57.7 Å². The summed E-state index contributed by atoms with van der Waals surface area (Å²) in [5.41, 5.74) is 5.79. The predicted octanol–water partition coefficient (Wildman–Crippen LogP) is 1.00. The van der Waals surface area contributed by atoms with Crippen molar-refractivity contribution in [2.75, 3.05) is 26.2 Å². The van der Waals surface area contributed by atoms with Crippen LogP contribution in [0.2, 0.25) is 0 Å². The van der Waals surface area contributed by atoms with E-state index < -0.39 is 20.0 Å². The van der Waals surface area contributed by atoms with Crippen molar-refractivity contribution in [3.05, 3.63) is 24.3 Å². The summed E-state index contributed by atoms with van der Waals surface area (Å²) in [6.07, 6.45) is 3.31. The van der Waals surface area contributed by atoms with Crippen LogP contribution in [0, 0.1) is 0 Å². The maximum absolute atomic E-state index is 12.7. The highest BCUT2D eigenvalue weighted by molar-refractivity contribution is 7.90. The van der Waals surface area contributed by atoms with E-state index in [0.717, 1.165) is 19.3 Å².